The Morgan fingerprint density at radius 2 is 1.75 bits per heavy atom. The van der Waals surface area contributed by atoms with Crippen molar-refractivity contribution in [2.75, 3.05) is 36.0 Å². The summed E-state index contributed by atoms with van der Waals surface area (Å²) in [4.78, 5) is 31.5. The Morgan fingerprint density at radius 3 is 2.54 bits per heavy atom. The van der Waals surface area contributed by atoms with Crippen LogP contribution in [0.2, 0.25) is 0 Å². The van der Waals surface area contributed by atoms with Gasteiger partial charge in [-0.25, -0.2) is 24.9 Å². The summed E-state index contributed by atoms with van der Waals surface area (Å²) >= 11 is 0. The number of aromatic nitrogens is 7. The quantitative estimate of drug-likeness (QED) is 0.536. The van der Waals surface area contributed by atoms with Crippen LogP contribution in [0.3, 0.4) is 0 Å². The van der Waals surface area contributed by atoms with Crippen molar-refractivity contribution in [3.8, 4) is 0 Å². The zero-order chi connectivity index (χ0) is 19.1. The zero-order valence-electron chi connectivity index (χ0n) is 15.9. The molecule has 0 N–H and O–H groups in total. The molecule has 1 fully saturated rings. The highest BCUT2D eigenvalue weighted by Gasteiger charge is 2.23. The van der Waals surface area contributed by atoms with Gasteiger partial charge in [0.25, 0.3) is 0 Å². The first kappa shape index (κ1) is 16.8. The summed E-state index contributed by atoms with van der Waals surface area (Å²) in [5.41, 5.74) is 2.64. The molecule has 0 radical (unpaired) electrons. The summed E-state index contributed by atoms with van der Waals surface area (Å²) in [6.07, 6.45) is 7.06. The molecule has 0 aliphatic carbocycles. The highest BCUT2D eigenvalue weighted by molar-refractivity contribution is 5.89. The van der Waals surface area contributed by atoms with Gasteiger partial charge in [0, 0.05) is 44.3 Å². The molecule has 0 aromatic carbocycles. The van der Waals surface area contributed by atoms with E-state index in [1.807, 2.05) is 23.9 Å². The van der Waals surface area contributed by atoms with Crippen LogP contribution in [0.1, 0.15) is 12.7 Å². The van der Waals surface area contributed by atoms with Crippen LogP contribution >= 0.6 is 0 Å². The molecule has 0 amide bonds. The minimum absolute atomic E-state index is 0.764. The number of aryl methyl sites for hydroxylation is 2. The lowest BCUT2D eigenvalue weighted by atomic mass is 10.2. The number of piperazine rings is 1. The molecule has 5 rings (SSSR count). The number of nitrogens with zero attached hydrogens (tertiary/aromatic N) is 9. The summed E-state index contributed by atoms with van der Waals surface area (Å²) in [7, 11) is 0. The summed E-state index contributed by atoms with van der Waals surface area (Å²) in [6.45, 7) is 8.26. The van der Waals surface area contributed by atoms with Gasteiger partial charge in [0.1, 0.15) is 18.0 Å². The van der Waals surface area contributed by atoms with Crippen molar-refractivity contribution >= 4 is 33.7 Å². The normalized spacial score (nSPS) is 14.9. The van der Waals surface area contributed by atoms with E-state index in [1.54, 1.807) is 18.7 Å². The van der Waals surface area contributed by atoms with E-state index < -0.39 is 0 Å². The first-order chi connectivity index (χ1) is 13.7. The molecule has 0 bridgehead atoms. The predicted octanol–water partition coefficient (Wildman–Crippen LogP) is 1.82. The summed E-state index contributed by atoms with van der Waals surface area (Å²) in [5.74, 6) is 2.65. The lowest BCUT2D eigenvalue weighted by molar-refractivity contribution is 0.643. The van der Waals surface area contributed by atoms with Crippen molar-refractivity contribution in [3.63, 3.8) is 0 Å². The number of anilines is 2. The van der Waals surface area contributed by atoms with Gasteiger partial charge in [-0.15, -0.1) is 0 Å². The van der Waals surface area contributed by atoms with Gasteiger partial charge in [0.2, 0.25) is 0 Å². The van der Waals surface area contributed by atoms with Gasteiger partial charge in [-0.3, -0.25) is 4.98 Å². The fourth-order valence-electron chi connectivity index (χ4n) is 3.78. The maximum Gasteiger partial charge on any atom is 0.165 e. The third-order valence-corrected chi connectivity index (χ3v) is 5.19. The maximum atomic E-state index is 4.71. The second-order valence-electron chi connectivity index (χ2n) is 6.86. The third kappa shape index (κ3) is 2.70. The number of imidazole rings is 1. The average Bonchev–Trinajstić information content (AvgIpc) is 3.16. The summed E-state index contributed by atoms with van der Waals surface area (Å²) in [5, 5.41) is 1.04. The number of pyridine rings is 1. The standard InChI is InChI=1S/C19H21N9/c1-3-26-12-23-16-18(26)21-11-22-19(16)28-8-6-27(7-9-28)17-14-4-5-20-10-15(14)24-13(2)25-17/h4-5,10-12H,3,6-9H2,1-2H3. The van der Waals surface area contributed by atoms with Crippen LogP contribution in [0, 0.1) is 6.92 Å². The van der Waals surface area contributed by atoms with E-state index in [0.717, 1.165) is 72.3 Å². The molecule has 1 aliphatic heterocycles. The Hall–Kier alpha value is -3.36. The molecular formula is C19H21N9. The Kier molecular flexibility index (Phi) is 4.00. The van der Waals surface area contributed by atoms with E-state index in [2.05, 4.69) is 41.6 Å². The van der Waals surface area contributed by atoms with Crippen LogP contribution in [0.25, 0.3) is 22.1 Å². The van der Waals surface area contributed by atoms with Crippen LogP contribution in [0.15, 0.2) is 31.1 Å². The highest BCUT2D eigenvalue weighted by Crippen LogP contribution is 2.27. The van der Waals surface area contributed by atoms with Crippen molar-refractivity contribution in [2.45, 2.75) is 20.4 Å². The van der Waals surface area contributed by atoms with Gasteiger partial charge in [-0.05, 0) is 19.9 Å². The predicted molar refractivity (Wildman–Crippen MR) is 107 cm³/mol. The topological polar surface area (TPSA) is 88.8 Å². The van der Waals surface area contributed by atoms with Crippen molar-refractivity contribution in [1.29, 1.82) is 0 Å². The second kappa shape index (κ2) is 6.66. The van der Waals surface area contributed by atoms with Crippen LogP contribution < -0.4 is 9.80 Å². The molecule has 9 nitrogen and oxygen atoms in total. The number of rotatable bonds is 3. The van der Waals surface area contributed by atoms with Crippen LogP contribution in [-0.2, 0) is 6.54 Å². The monoisotopic (exact) mass is 375 g/mol. The van der Waals surface area contributed by atoms with Gasteiger partial charge in [0.15, 0.2) is 17.0 Å². The Bertz CT molecular complexity index is 1140. The van der Waals surface area contributed by atoms with E-state index in [0.29, 0.717) is 0 Å². The number of hydrogen-bond donors (Lipinski definition) is 0. The van der Waals surface area contributed by atoms with Crippen molar-refractivity contribution in [2.24, 2.45) is 0 Å². The molecule has 0 saturated carbocycles. The molecule has 4 aromatic rings. The van der Waals surface area contributed by atoms with Gasteiger partial charge >= 0.3 is 0 Å². The molecule has 0 spiro atoms. The minimum Gasteiger partial charge on any atom is -0.352 e. The highest BCUT2D eigenvalue weighted by atomic mass is 15.3. The van der Waals surface area contributed by atoms with Crippen molar-refractivity contribution in [3.05, 3.63) is 36.9 Å². The van der Waals surface area contributed by atoms with Crippen molar-refractivity contribution < 1.29 is 0 Å². The molecule has 1 aliphatic rings. The first-order valence-electron chi connectivity index (χ1n) is 9.48. The minimum atomic E-state index is 0.764. The molecule has 28 heavy (non-hydrogen) atoms. The summed E-state index contributed by atoms with van der Waals surface area (Å²) in [6, 6.07) is 1.99. The van der Waals surface area contributed by atoms with E-state index in [-0.39, 0.29) is 0 Å². The number of hydrogen-bond acceptors (Lipinski definition) is 8. The fourth-order valence-corrected chi connectivity index (χ4v) is 3.78. The molecule has 0 atom stereocenters. The average molecular weight is 375 g/mol. The van der Waals surface area contributed by atoms with E-state index in [4.69, 9.17) is 4.98 Å². The molecule has 142 valence electrons. The van der Waals surface area contributed by atoms with Gasteiger partial charge in [0.05, 0.1) is 18.0 Å². The molecule has 1 saturated heterocycles. The first-order valence-corrected chi connectivity index (χ1v) is 9.48. The molecule has 0 unspecified atom stereocenters. The molecular weight excluding hydrogens is 354 g/mol. The zero-order valence-corrected chi connectivity index (χ0v) is 15.9. The Labute approximate surface area is 162 Å². The molecule has 4 aromatic heterocycles. The Balaban J connectivity index is 1.43. The van der Waals surface area contributed by atoms with E-state index in [9.17, 15) is 0 Å². The van der Waals surface area contributed by atoms with E-state index in [1.165, 1.54) is 0 Å². The smallest absolute Gasteiger partial charge is 0.165 e. The number of fused-ring (bicyclic) bond motifs is 2. The van der Waals surface area contributed by atoms with Gasteiger partial charge < -0.3 is 14.4 Å². The third-order valence-electron chi connectivity index (χ3n) is 5.19. The molecule has 9 heteroatoms. The SMILES string of the molecule is CCn1cnc2c(N3CCN(c4nc(C)nc5cnccc45)CC3)ncnc21. The van der Waals surface area contributed by atoms with Crippen LogP contribution in [-0.4, -0.2) is 60.6 Å². The lowest BCUT2D eigenvalue weighted by Gasteiger charge is -2.36. The van der Waals surface area contributed by atoms with Crippen molar-refractivity contribution in [1.82, 2.24) is 34.5 Å². The van der Waals surface area contributed by atoms with Gasteiger partial charge in [-0.2, -0.15) is 0 Å². The summed E-state index contributed by atoms with van der Waals surface area (Å²) < 4.78 is 2.04. The van der Waals surface area contributed by atoms with Gasteiger partial charge in [-0.1, -0.05) is 0 Å². The molecule has 5 heterocycles. The van der Waals surface area contributed by atoms with E-state index >= 15 is 0 Å². The van der Waals surface area contributed by atoms with Crippen LogP contribution in [0.4, 0.5) is 11.6 Å². The second-order valence-corrected chi connectivity index (χ2v) is 6.86. The largest absolute Gasteiger partial charge is 0.352 e. The Morgan fingerprint density at radius 1 is 0.964 bits per heavy atom. The lowest BCUT2D eigenvalue weighted by Crippen LogP contribution is -2.47. The van der Waals surface area contributed by atoms with Crippen LogP contribution in [0.5, 0.6) is 0 Å². The maximum absolute atomic E-state index is 4.71. The fraction of sp³-hybridized carbons (Fsp3) is 0.368.